The topological polar surface area (TPSA) is 37.8 Å². The number of aromatic nitrogens is 2. The van der Waals surface area contributed by atoms with E-state index in [9.17, 15) is 0 Å². The van der Waals surface area contributed by atoms with Gasteiger partial charge in [-0.15, -0.1) is 0 Å². The average Bonchev–Trinajstić information content (AvgIpc) is 3.13. The van der Waals surface area contributed by atoms with Crippen LogP contribution in [0, 0.1) is 13.8 Å². The van der Waals surface area contributed by atoms with Crippen LogP contribution in [0.5, 0.6) is 0 Å². The molecule has 92 valence electrons. The van der Waals surface area contributed by atoms with Gasteiger partial charge in [0.05, 0.1) is 0 Å². The van der Waals surface area contributed by atoms with Gasteiger partial charge in [0.25, 0.3) is 0 Å². The third-order valence-corrected chi connectivity index (χ3v) is 3.99. The molecule has 1 aliphatic heterocycles. The Morgan fingerprint density at radius 3 is 2.24 bits per heavy atom. The molecule has 2 aliphatic rings. The van der Waals surface area contributed by atoms with Crippen molar-refractivity contribution in [1.82, 2.24) is 15.3 Å². The van der Waals surface area contributed by atoms with Gasteiger partial charge in [-0.25, -0.2) is 9.97 Å². The van der Waals surface area contributed by atoms with Gasteiger partial charge >= 0.3 is 0 Å². The molecule has 0 bridgehead atoms. The monoisotopic (exact) mass is 231 g/mol. The predicted octanol–water partition coefficient (Wildman–Crippen LogP) is 2.44. The minimum absolute atomic E-state index is 0.622. The molecule has 3 nitrogen and oxygen atoms in total. The van der Waals surface area contributed by atoms with E-state index in [1.807, 2.05) is 0 Å². The second kappa shape index (κ2) is 4.37. The van der Waals surface area contributed by atoms with E-state index in [0.717, 1.165) is 18.9 Å². The number of hydrogen-bond acceptors (Lipinski definition) is 3. The fourth-order valence-corrected chi connectivity index (χ4v) is 2.96. The largest absolute Gasteiger partial charge is 0.316 e. The van der Waals surface area contributed by atoms with Crippen LogP contribution in [0.3, 0.4) is 0 Å². The quantitative estimate of drug-likeness (QED) is 0.849. The first-order valence-corrected chi connectivity index (χ1v) is 6.81. The van der Waals surface area contributed by atoms with Gasteiger partial charge in [-0.05, 0) is 57.6 Å². The molecule has 1 aliphatic carbocycles. The molecule has 0 amide bonds. The lowest BCUT2D eigenvalue weighted by Gasteiger charge is -2.25. The van der Waals surface area contributed by atoms with E-state index in [-0.39, 0.29) is 0 Å². The predicted molar refractivity (Wildman–Crippen MR) is 68.3 cm³/mol. The van der Waals surface area contributed by atoms with Crippen molar-refractivity contribution >= 4 is 0 Å². The van der Waals surface area contributed by atoms with Crippen molar-refractivity contribution in [3.05, 3.63) is 22.8 Å². The third-order valence-electron chi connectivity index (χ3n) is 3.99. The summed E-state index contributed by atoms with van der Waals surface area (Å²) in [5, 5.41) is 3.48. The van der Waals surface area contributed by atoms with Crippen molar-refractivity contribution in [2.45, 2.75) is 51.4 Å². The highest BCUT2D eigenvalue weighted by Gasteiger charge is 2.28. The molecule has 2 fully saturated rings. The van der Waals surface area contributed by atoms with Crippen molar-refractivity contribution in [1.29, 1.82) is 0 Å². The van der Waals surface area contributed by atoms with Crippen molar-refractivity contribution in [3.8, 4) is 0 Å². The second-order valence-electron chi connectivity index (χ2n) is 5.48. The molecule has 1 atom stereocenters. The van der Waals surface area contributed by atoms with Gasteiger partial charge in [0.2, 0.25) is 0 Å². The summed E-state index contributed by atoms with van der Waals surface area (Å²) in [6.07, 6.45) is 5.11. The maximum Gasteiger partial charge on any atom is 0.131 e. The zero-order valence-electron chi connectivity index (χ0n) is 10.8. The molecule has 1 aromatic heterocycles. The van der Waals surface area contributed by atoms with Crippen LogP contribution in [0.15, 0.2) is 0 Å². The Labute approximate surface area is 103 Å². The Hall–Kier alpha value is -0.960. The fourth-order valence-electron chi connectivity index (χ4n) is 2.96. The maximum atomic E-state index is 4.73. The molecule has 3 rings (SSSR count). The summed E-state index contributed by atoms with van der Waals surface area (Å²) in [4.78, 5) is 9.46. The van der Waals surface area contributed by atoms with E-state index in [4.69, 9.17) is 9.97 Å². The third kappa shape index (κ3) is 2.21. The molecule has 1 unspecified atom stereocenters. The molecule has 1 saturated heterocycles. The number of rotatable bonds is 2. The van der Waals surface area contributed by atoms with E-state index in [1.165, 1.54) is 42.6 Å². The van der Waals surface area contributed by atoms with Gasteiger partial charge in [0.15, 0.2) is 0 Å². The molecular weight excluding hydrogens is 210 g/mol. The van der Waals surface area contributed by atoms with E-state index >= 15 is 0 Å². The van der Waals surface area contributed by atoms with Gasteiger partial charge in [0.1, 0.15) is 5.82 Å². The lowest BCUT2D eigenvalue weighted by Crippen LogP contribution is -2.29. The minimum Gasteiger partial charge on any atom is -0.316 e. The Bertz CT molecular complexity index is 394. The average molecular weight is 231 g/mol. The summed E-state index contributed by atoms with van der Waals surface area (Å²) in [6.45, 7) is 6.57. The van der Waals surface area contributed by atoms with Crippen molar-refractivity contribution in [3.63, 3.8) is 0 Å². The van der Waals surface area contributed by atoms with Crippen LogP contribution in [0.1, 0.15) is 60.3 Å². The van der Waals surface area contributed by atoms with E-state index < -0.39 is 0 Å². The Morgan fingerprint density at radius 1 is 1.00 bits per heavy atom. The highest BCUT2D eigenvalue weighted by atomic mass is 14.9. The summed E-state index contributed by atoms with van der Waals surface area (Å²) in [5.41, 5.74) is 3.84. The van der Waals surface area contributed by atoms with Crippen LogP contribution in [-0.4, -0.2) is 23.1 Å². The van der Waals surface area contributed by atoms with Crippen LogP contribution in [0.2, 0.25) is 0 Å². The SMILES string of the molecule is Cc1nc(C2CC2)nc(C)c1C1CCCNC1. The molecule has 1 aromatic rings. The summed E-state index contributed by atoms with van der Waals surface area (Å²) in [5.74, 6) is 2.37. The zero-order valence-corrected chi connectivity index (χ0v) is 10.8. The summed E-state index contributed by atoms with van der Waals surface area (Å²) in [6, 6.07) is 0. The van der Waals surface area contributed by atoms with Crippen LogP contribution in [0.4, 0.5) is 0 Å². The van der Waals surface area contributed by atoms with Gasteiger partial charge < -0.3 is 5.32 Å². The molecular formula is C14H21N3. The van der Waals surface area contributed by atoms with Crippen molar-refractivity contribution < 1.29 is 0 Å². The number of hydrogen-bond donors (Lipinski definition) is 1. The number of nitrogens with zero attached hydrogens (tertiary/aromatic N) is 2. The first-order valence-electron chi connectivity index (χ1n) is 6.81. The zero-order chi connectivity index (χ0) is 11.8. The molecule has 1 N–H and O–H groups in total. The van der Waals surface area contributed by atoms with Gasteiger partial charge in [-0.2, -0.15) is 0 Å². The highest BCUT2D eigenvalue weighted by molar-refractivity contribution is 5.30. The van der Waals surface area contributed by atoms with E-state index in [2.05, 4.69) is 19.2 Å². The number of aryl methyl sites for hydroxylation is 2. The van der Waals surface area contributed by atoms with E-state index in [0.29, 0.717) is 11.8 Å². The first kappa shape index (κ1) is 11.1. The first-order chi connectivity index (χ1) is 8.25. The normalized spacial score (nSPS) is 24.9. The Balaban J connectivity index is 1.92. The Kier molecular flexibility index (Phi) is 2.87. The molecule has 17 heavy (non-hydrogen) atoms. The minimum atomic E-state index is 0.622. The van der Waals surface area contributed by atoms with Crippen LogP contribution < -0.4 is 5.32 Å². The number of piperidine rings is 1. The summed E-state index contributed by atoms with van der Waals surface area (Å²) < 4.78 is 0. The smallest absolute Gasteiger partial charge is 0.131 e. The van der Waals surface area contributed by atoms with Crippen molar-refractivity contribution in [2.75, 3.05) is 13.1 Å². The summed E-state index contributed by atoms with van der Waals surface area (Å²) >= 11 is 0. The molecule has 3 heteroatoms. The highest BCUT2D eigenvalue weighted by Crippen LogP contribution is 2.39. The molecule has 0 radical (unpaired) electrons. The van der Waals surface area contributed by atoms with Crippen LogP contribution in [0.25, 0.3) is 0 Å². The van der Waals surface area contributed by atoms with Gasteiger partial charge in [0, 0.05) is 23.9 Å². The van der Waals surface area contributed by atoms with Crippen molar-refractivity contribution in [2.24, 2.45) is 0 Å². The lowest BCUT2D eigenvalue weighted by molar-refractivity contribution is 0.456. The summed E-state index contributed by atoms with van der Waals surface area (Å²) in [7, 11) is 0. The van der Waals surface area contributed by atoms with Gasteiger partial charge in [-0.1, -0.05) is 0 Å². The molecule has 0 spiro atoms. The van der Waals surface area contributed by atoms with Crippen LogP contribution >= 0.6 is 0 Å². The molecule has 1 saturated carbocycles. The standard InChI is InChI=1S/C14H21N3/c1-9-13(12-4-3-7-15-8-12)10(2)17-14(16-9)11-5-6-11/h11-12,15H,3-8H2,1-2H3. The lowest BCUT2D eigenvalue weighted by atomic mass is 9.89. The van der Waals surface area contributed by atoms with Gasteiger partial charge in [-0.3, -0.25) is 0 Å². The molecule has 2 heterocycles. The second-order valence-corrected chi connectivity index (χ2v) is 5.48. The molecule has 0 aromatic carbocycles. The van der Waals surface area contributed by atoms with Crippen LogP contribution in [-0.2, 0) is 0 Å². The Morgan fingerprint density at radius 2 is 1.71 bits per heavy atom. The maximum absolute atomic E-state index is 4.73. The fraction of sp³-hybridized carbons (Fsp3) is 0.714. The van der Waals surface area contributed by atoms with E-state index in [1.54, 1.807) is 0 Å². The number of nitrogens with one attached hydrogen (secondary N) is 1.